The molecule has 1 aliphatic heterocycles. The number of carbonyl (C=O) groups is 1. The molecule has 138 valence electrons. The van der Waals surface area contributed by atoms with E-state index in [2.05, 4.69) is 0 Å². The van der Waals surface area contributed by atoms with E-state index in [-0.39, 0.29) is 34.3 Å². The smallest absolute Gasteiger partial charge is 0.312 e. The van der Waals surface area contributed by atoms with Crippen LogP contribution < -0.4 is 10.2 Å². The molecule has 0 saturated carbocycles. The summed E-state index contributed by atoms with van der Waals surface area (Å²) in [4.78, 5) is 25.2. The molecular weight excluding hydrogens is 360 g/mol. The highest BCUT2D eigenvalue weighted by Crippen LogP contribution is 2.45. The lowest BCUT2D eigenvalue weighted by molar-refractivity contribution is -0.135. The van der Waals surface area contributed by atoms with Gasteiger partial charge in [0.2, 0.25) is 5.43 Å². The molecule has 1 atom stereocenters. The van der Waals surface area contributed by atoms with E-state index in [0.717, 1.165) is 0 Å². The van der Waals surface area contributed by atoms with Crippen LogP contribution in [0.5, 0.6) is 11.5 Å². The first-order valence-electron chi connectivity index (χ1n) is 8.74. The number of furan rings is 1. The second kappa shape index (κ2) is 6.13. The second-order valence-corrected chi connectivity index (χ2v) is 6.60. The molecule has 0 amide bonds. The summed E-state index contributed by atoms with van der Waals surface area (Å²) in [6.07, 6.45) is 2.93. The molecule has 5 rings (SSSR count). The minimum absolute atomic E-state index is 0.0462. The zero-order valence-electron chi connectivity index (χ0n) is 14.5. The van der Waals surface area contributed by atoms with Gasteiger partial charge in [-0.05, 0) is 17.7 Å². The van der Waals surface area contributed by atoms with Gasteiger partial charge < -0.3 is 18.7 Å². The van der Waals surface area contributed by atoms with Crippen LogP contribution in [0.25, 0.3) is 22.1 Å². The molecule has 2 aromatic carbocycles. The summed E-state index contributed by atoms with van der Waals surface area (Å²) in [6.45, 7) is 0. The number of phenols is 1. The molecule has 0 unspecified atom stereocenters. The molecule has 28 heavy (non-hydrogen) atoms. The fourth-order valence-corrected chi connectivity index (χ4v) is 3.68. The SMILES string of the molecule is O=C1C[C@H](c2ccco2)c2c(cc(O)c3c(=O)c(-c4ccccc4)coc23)O1. The first-order valence-corrected chi connectivity index (χ1v) is 8.74. The van der Waals surface area contributed by atoms with Crippen LogP contribution >= 0.6 is 0 Å². The summed E-state index contributed by atoms with van der Waals surface area (Å²) in [5, 5.41) is 10.6. The van der Waals surface area contributed by atoms with Crippen molar-refractivity contribution in [2.75, 3.05) is 0 Å². The minimum Gasteiger partial charge on any atom is -0.507 e. The quantitative estimate of drug-likeness (QED) is 0.418. The molecule has 1 aliphatic rings. The average molecular weight is 374 g/mol. The van der Waals surface area contributed by atoms with Crippen LogP contribution in [-0.4, -0.2) is 11.1 Å². The minimum atomic E-state index is -0.472. The predicted molar refractivity (Wildman–Crippen MR) is 100 cm³/mol. The summed E-state index contributed by atoms with van der Waals surface area (Å²) in [7, 11) is 0. The lowest BCUT2D eigenvalue weighted by Gasteiger charge is -2.24. The Morgan fingerprint density at radius 3 is 2.57 bits per heavy atom. The molecule has 3 heterocycles. The van der Waals surface area contributed by atoms with Crippen LogP contribution in [0.4, 0.5) is 0 Å². The molecule has 4 aromatic rings. The van der Waals surface area contributed by atoms with Crippen molar-refractivity contribution in [3.63, 3.8) is 0 Å². The average Bonchev–Trinajstić information content (AvgIpc) is 3.22. The number of rotatable bonds is 2. The highest BCUT2D eigenvalue weighted by atomic mass is 16.5. The predicted octanol–water partition coefficient (Wildman–Crippen LogP) is 4.20. The number of phenolic OH excluding ortho intramolecular Hbond substituents is 1. The normalized spacial score (nSPS) is 16.0. The number of esters is 1. The number of hydrogen-bond acceptors (Lipinski definition) is 6. The van der Waals surface area contributed by atoms with Crippen LogP contribution in [0, 0.1) is 0 Å². The van der Waals surface area contributed by atoms with Gasteiger partial charge in [0.25, 0.3) is 0 Å². The van der Waals surface area contributed by atoms with Gasteiger partial charge in [-0.1, -0.05) is 30.3 Å². The van der Waals surface area contributed by atoms with Gasteiger partial charge in [-0.2, -0.15) is 0 Å². The highest BCUT2D eigenvalue weighted by Gasteiger charge is 2.35. The van der Waals surface area contributed by atoms with Crippen molar-refractivity contribution in [3.8, 4) is 22.6 Å². The number of hydrogen-bond donors (Lipinski definition) is 1. The third kappa shape index (κ3) is 2.42. The molecule has 0 saturated heterocycles. The Morgan fingerprint density at radius 1 is 1.00 bits per heavy atom. The molecule has 1 N–H and O–H groups in total. The van der Waals surface area contributed by atoms with E-state index in [9.17, 15) is 14.7 Å². The highest BCUT2D eigenvalue weighted by molar-refractivity contribution is 5.94. The fourth-order valence-electron chi connectivity index (χ4n) is 3.68. The summed E-state index contributed by atoms with van der Waals surface area (Å²) >= 11 is 0. The fraction of sp³-hybridized carbons (Fsp3) is 0.0909. The van der Waals surface area contributed by atoms with Gasteiger partial charge in [-0.3, -0.25) is 9.59 Å². The first-order chi connectivity index (χ1) is 13.6. The molecular formula is C22H14O6. The maximum Gasteiger partial charge on any atom is 0.312 e. The van der Waals surface area contributed by atoms with Gasteiger partial charge in [0.1, 0.15) is 34.5 Å². The van der Waals surface area contributed by atoms with E-state index in [4.69, 9.17) is 13.6 Å². The largest absolute Gasteiger partial charge is 0.507 e. The third-order valence-electron chi connectivity index (χ3n) is 4.94. The number of aromatic hydroxyl groups is 1. The molecule has 6 nitrogen and oxygen atoms in total. The number of ether oxygens (including phenoxy) is 1. The van der Waals surface area contributed by atoms with Crippen LogP contribution in [-0.2, 0) is 4.79 Å². The summed E-state index contributed by atoms with van der Waals surface area (Å²) in [6, 6.07) is 13.8. The molecule has 0 fully saturated rings. The van der Waals surface area contributed by atoms with Crippen molar-refractivity contribution in [2.24, 2.45) is 0 Å². The van der Waals surface area contributed by atoms with Crippen molar-refractivity contribution < 1.29 is 23.5 Å². The van der Waals surface area contributed by atoms with E-state index in [1.54, 1.807) is 24.3 Å². The number of benzene rings is 2. The Kier molecular flexibility index (Phi) is 3.58. The Hall–Kier alpha value is -3.80. The van der Waals surface area contributed by atoms with Crippen LogP contribution in [0.1, 0.15) is 23.7 Å². The first kappa shape index (κ1) is 16.4. The lowest BCUT2D eigenvalue weighted by Crippen LogP contribution is -2.21. The van der Waals surface area contributed by atoms with Crippen molar-refractivity contribution in [1.29, 1.82) is 0 Å². The maximum absolute atomic E-state index is 13.1. The van der Waals surface area contributed by atoms with Crippen LogP contribution in [0.15, 0.2) is 74.7 Å². The van der Waals surface area contributed by atoms with E-state index in [0.29, 0.717) is 22.5 Å². The third-order valence-corrected chi connectivity index (χ3v) is 4.94. The molecule has 0 radical (unpaired) electrons. The summed E-state index contributed by atoms with van der Waals surface area (Å²) in [5.41, 5.74) is 1.37. The second-order valence-electron chi connectivity index (χ2n) is 6.60. The van der Waals surface area contributed by atoms with E-state index in [1.165, 1.54) is 18.6 Å². The Labute approximate surface area is 158 Å². The van der Waals surface area contributed by atoms with Gasteiger partial charge in [0, 0.05) is 11.6 Å². The maximum atomic E-state index is 13.1. The molecule has 0 spiro atoms. The van der Waals surface area contributed by atoms with Crippen molar-refractivity contribution in [2.45, 2.75) is 12.3 Å². The lowest BCUT2D eigenvalue weighted by atomic mass is 9.88. The van der Waals surface area contributed by atoms with Gasteiger partial charge >= 0.3 is 5.97 Å². The van der Waals surface area contributed by atoms with Gasteiger partial charge in [-0.25, -0.2) is 0 Å². The Balaban J connectivity index is 1.82. The standard InChI is InChI=1S/C22H14O6/c23-15-10-17-19(13(9-18(24)28-17)16-7-4-8-26-16)22-20(15)21(25)14(11-27-22)12-5-2-1-3-6-12/h1-8,10-11,13,23H,9H2/t13-/m1/s1. The number of fused-ring (bicyclic) bond motifs is 3. The monoisotopic (exact) mass is 374 g/mol. The van der Waals surface area contributed by atoms with E-state index < -0.39 is 11.9 Å². The zero-order chi connectivity index (χ0) is 19.3. The summed E-state index contributed by atoms with van der Waals surface area (Å²) in [5.74, 6) is -0.498. The van der Waals surface area contributed by atoms with Crippen molar-refractivity contribution in [1.82, 2.24) is 0 Å². The van der Waals surface area contributed by atoms with Crippen LogP contribution in [0.2, 0.25) is 0 Å². The van der Waals surface area contributed by atoms with Gasteiger partial charge in [0.05, 0.1) is 24.2 Å². The Morgan fingerprint density at radius 2 is 1.82 bits per heavy atom. The van der Waals surface area contributed by atoms with Gasteiger partial charge in [-0.15, -0.1) is 0 Å². The molecule has 0 bridgehead atoms. The summed E-state index contributed by atoms with van der Waals surface area (Å²) < 4.78 is 16.6. The topological polar surface area (TPSA) is 89.9 Å². The van der Waals surface area contributed by atoms with E-state index >= 15 is 0 Å². The molecule has 6 heteroatoms. The van der Waals surface area contributed by atoms with Gasteiger partial charge in [0.15, 0.2) is 0 Å². The zero-order valence-corrected chi connectivity index (χ0v) is 14.5. The van der Waals surface area contributed by atoms with Crippen molar-refractivity contribution >= 4 is 16.9 Å². The van der Waals surface area contributed by atoms with Crippen LogP contribution in [0.3, 0.4) is 0 Å². The van der Waals surface area contributed by atoms with Crippen molar-refractivity contribution in [3.05, 3.63) is 82.6 Å². The number of carbonyl (C=O) groups excluding carboxylic acids is 1. The molecule has 2 aromatic heterocycles. The molecule has 0 aliphatic carbocycles. The Bertz CT molecular complexity index is 1250. The van der Waals surface area contributed by atoms with E-state index in [1.807, 2.05) is 18.2 Å².